The highest BCUT2D eigenvalue weighted by Crippen LogP contribution is 2.31. The van der Waals surface area contributed by atoms with E-state index in [2.05, 4.69) is 35.3 Å². The Hall–Kier alpha value is -3.02. The van der Waals surface area contributed by atoms with E-state index in [1.54, 1.807) is 12.1 Å². The lowest BCUT2D eigenvalue weighted by molar-refractivity contribution is -0.121. The quantitative estimate of drug-likeness (QED) is 0.616. The van der Waals surface area contributed by atoms with Crippen molar-refractivity contribution in [1.82, 2.24) is 5.32 Å². The first-order chi connectivity index (χ1) is 15.0. The fourth-order valence-electron chi connectivity index (χ4n) is 4.25. The first-order valence-electron chi connectivity index (χ1n) is 11.1. The van der Waals surface area contributed by atoms with Gasteiger partial charge in [-0.15, -0.1) is 0 Å². The predicted octanol–water partition coefficient (Wildman–Crippen LogP) is 4.58. The normalized spacial score (nSPS) is 14.7. The van der Waals surface area contributed by atoms with Gasteiger partial charge in [-0.2, -0.15) is 0 Å². The second-order valence-corrected chi connectivity index (χ2v) is 8.03. The van der Waals surface area contributed by atoms with Crippen LogP contribution in [-0.2, 0) is 11.2 Å². The number of carbonyl (C=O) groups excluding carboxylic acids is 1. The Bertz CT molecular complexity index is 906. The molecular weight excluding hydrogens is 392 g/mol. The third kappa shape index (κ3) is 5.78. The van der Waals surface area contributed by atoms with Gasteiger partial charge in [-0.3, -0.25) is 4.79 Å². The van der Waals surface area contributed by atoms with Crippen LogP contribution in [0.3, 0.4) is 0 Å². The second-order valence-electron chi connectivity index (χ2n) is 8.03. The van der Waals surface area contributed by atoms with E-state index in [-0.39, 0.29) is 29.7 Å². The summed E-state index contributed by atoms with van der Waals surface area (Å²) in [6, 6.07) is 13.1. The molecule has 6 nitrogen and oxygen atoms in total. The molecule has 0 radical (unpaired) electrons. The summed E-state index contributed by atoms with van der Waals surface area (Å²) in [4.78, 5) is 26.6. The number of nitrogens with one attached hydrogen (secondary N) is 1. The molecule has 0 aromatic heterocycles. The van der Waals surface area contributed by atoms with Crippen LogP contribution in [0.25, 0.3) is 0 Å². The molecule has 2 aromatic rings. The lowest BCUT2D eigenvalue weighted by Gasteiger charge is -2.32. The maximum absolute atomic E-state index is 12.9. The summed E-state index contributed by atoms with van der Waals surface area (Å²) < 4.78 is 5.18. The maximum Gasteiger partial charge on any atom is 0.339 e. The Balaban J connectivity index is 1.76. The van der Waals surface area contributed by atoms with Crippen molar-refractivity contribution >= 4 is 17.6 Å². The number of carbonyl (C=O) groups is 2. The third-order valence-corrected chi connectivity index (χ3v) is 5.78. The first kappa shape index (κ1) is 22.7. The number of hydrogen-bond donors (Lipinski definition) is 2. The number of piperidine rings is 1. The van der Waals surface area contributed by atoms with Crippen molar-refractivity contribution in [2.75, 3.05) is 25.1 Å². The van der Waals surface area contributed by atoms with Crippen LogP contribution in [-0.4, -0.2) is 37.2 Å². The van der Waals surface area contributed by atoms with E-state index < -0.39 is 5.97 Å². The van der Waals surface area contributed by atoms with Gasteiger partial charge in [0.15, 0.2) is 0 Å². The smallest absolute Gasteiger partial charge is 0.339 e. The van der Waals surface area contributed by atoms with Gasteiger partial charge in [0, 0.05) is 18.8 Å². The van der Waals surface area contributed by atoms with Crippen LogP contribution in [0, 0.1) is 0 Å². The van der Waals surface area contributed by atoms with Crippen molar-refractivity contribution in [3.63, 3.8) is 0 Å². The Kier molecular flexibility index (Phi) is 7.93. The molecule has 0 saturated carbocycles. The SMILES string of the molecule is CCC[C@H](NC(=O)Cc1ccc(C(=O)O)c(OC)c1)c1ccccc1N1CCCCC1. The lowest BCUT2D eigenvalue weighted by atomic mass is 9.98. The van der Waals surface area contributed by atoms with E-state index in [9.17, 15) is 14.7 Å². The Morgan fingerprint density at radius 3 is 2.55 bits per heavy atom. The van der Waals surface area contributed by atoms with Crippen LogP contribution in [0.5, 0.6) is 5.75 Å². The van der Waals surface area contributed by atoms with Crippen LogP contribution in [0.4, 0.5) is 5.69 Å². The summed E-state index contributed by atoms with van der Waals surface area (Å²) in [7, 11) is 1.43. The molecule has 0 aliphatic carbocycles. The van der Waals surface area contributed by atoms with Gasteiger partial charge in [0.2, 0.25) is 5.91 Å². The van der Waals surface area contributed by atoms with E-state index in [4.69, 9.17) is 4.74 Å². The summed E-state index contributed by atoms with van der Waals surface area (Å²) in [5.74, 6) is -0.874. The Morgan fingerprint density at radius 2 is 1.87 bits per heavy atom. The molecule has 6 heteroatoms. The molecule has 1 aliphatic heterocycles. The molecular formula is C25H32N2O4. The molecule has 0 unspecified atom stereocenters. The number of rotatable bonds is 9. The second kappa shape index (κ2) is 10.8. The van der Waals surface area contributed by atoms with Crippen LogP contribution in [0.2, 0.25) is 0 Å². The lowest BCUT2D eigenvalue weighted by Crippen LogP contribution is -2.34. The molecule has 2 aromatic carbocycles. The highest BCUT2D eigenvalue weighted by molar-refractivity contribution is 5.91. The van der Waals surface area contributed by atoms with Gasteiger partial charge >= 0.3 is 5.97 Å². The summed E-state index contributed by atoms with van der Waals surface area (Å²) in [5.41, 5.74) is 3.19. The number of para-hydroxylation sites is 1. The highest BCUT2D eigenvalue weighted by Gasteiger charge is 2.21. The van der Waals surface area contributed by atoms with Gasteiger partial charge in [-0.1, -0.05) is 37.6 Å². The van der Waals surface area contributed by atoms with Crippen LogP contribution in [0.1, 0.15) is 66.6 Å². The number of hydrogen-bond acceptors (Lipinski definition) is 4. The Labute approximate surface area is 184 Å². The number of aromatic carboxylic acids is 1. The molecule has 0 spiro atoms. The largest absolute Gasteiger partial charge is 0.496 e. The molecule has 1 aliphatic rings. The zero-order chi connectivity index (χ0) is 22.2. The number of nitrogens with zero attached hydrogens (tertiary/aromatic N) is 1. The summed E-state index contributed by atoms with van der Waals surface area (Å²) >= 11 is 0. The molecule has 1 heterocycles. The van der Waals surface area contributed by atoms with Crippen LogP contribution < -0.4 is 15.0 Å². The zero-order valence-corrected chi connectivity index (χ0v) is 18.4. The monoisotopic (exact) mass is 424 g/mol. The Morgan fingerprint density at radius 1 is 1.13 bits per heavy atom. The minimum absolute atomic E-state index is 0.0594. The van der Waals surface area contributed by atoms with Crippen molar-refractivity contribution in [2.24, 2.45) is 0 Å². The number of anilines is 1. The molecule has 1 amide bonds. The van der Waals surface area contributed by atoms with E-state index in [1.165, 1.54) is 43.7 Å². The molecule has 1 saturated heterocycles. The zero-order valence-electron chi connectivity index (χ0n) is 18.4. The number of ether oxygens (including phenoxy) is 1. The predicted molar refractivity (Wildman–Crippen MR) is 122 cm³/mol. The minimum Gasteiger partial charge on any atom is -0.496 e. The van der Waals surface area contributed by atoms with Crippen molar-refractivity contribution in [1.29, 1.82) is 0 Å². The minimum atomic E-state index is -1.05. The van der Waals surface area contributed by atoms with E-state index in [1.807, 2.05) is 6.07 Å². The molecule has 166 valence electrons. The van der Waals surface area contributed by atoms with Crippen molar-refractivity contribution < 1.29 is 19.4 Å². The average Bonchev–Trinajstić information content (AvgIpc) is 2.79. The van der Waals surface area contributed by atoms with Crippen LogP contribution >= 0.6 is 0 Å². The summed E-state index contributed by atoms with van der Waals surface area (Å²) in [5, 5.41) is 12.5. The van der Waals surface area contributed by atoms with Gasteiger partial charge in [-0.25, -0.2) is 4.79 Å². The number of methoxy groups -OCH3 is 1. The molecule has 1 fully saturated rings. The number of amides is 1. The molecule has 31 heavy (non-hydrogen) atoms. The van der Waals surface area contributed by atoms with Crippen molar-refractivity contribution in [3.8, 4) is 5.75 Å². The number of carboxylic acids is 1. The van der Waals surface area contributed by atoms with Crippen LogP contribution in [0.15, 0.2) is 42.5 Å². The number of carboxylic acid groups (broad SMARTS) is 1. The fraction of sp³-hybridized carbons (Fsp3) is 0.440. The van der Waals surface area contributed by atoms with Gasteiger partial charge in [0.05, 0.1) is 19.6 Å². The van der Waals surface area contributed by atoms with Gasteiger partial charge in [0.1, 0.15) is 11.3 Å². The number of benzene rings is 2. The maximum atomic E-state index is 12.9. The standard InChI is InChI=1S/C25H32N2O4/c1-3-9-21(19-10-5-6-11-22(19)27-14-7-4-8-15-27)26-24(28)17-18-12-13-20(25(29)30)23(16-18)31-2/h5-6,10-13,16,21H,3-4,7-9,14-15,17H2,1-2H3,(H,26,28)(H,29,30)/t21-/m0/s1. The third-order valence-electron chi connectivity index (χ3n) is 5.78. The average molecular weight is 425 g/mol. The van der Waals surface area contributed by atoms with Gasteiger partial charge in [0.25, 0.3) is 0 Å². The van der Waals surface area contributed by atoms with Gasteiger partial charge in [-0.05, 0) is 55.0 Å². The topological polar surface area (TPSA) is 78.9 Å². The van der Waals surface area contributed by atoms with Gasteiger partial charge < -0.3 is 20.1 Å². The fourth-order valence-corrected chi connectivity index (χ4v) is 4.25. The molecule has 1 atom stereocenters. The first-order valence-corrected chi connectivity index (χ1v) is 11.1. The molecule has 2 N–H and O–H groups in total. The highest BCUT2D eigenvalue weighted by atomic mass is 16.5. The summed E-state index contributed by atoms with van der Waals surface area (Å²) in [6.45, 7) is 4.23. The molecule has 0 bridgehead atoms. The van der Waals surface area contributed by atoms with E-state index >= 15 is 0 Å². The van der Waals surface area contributed by atoms with Crippen molar-refractivity contribution in [3.05, 3.63) is 59.2 Å². The van der Waals surface area contributed by atoms with Crippen molar-refractivity contribution in [2.45, 2.75) is 51.5 Å². The van der Waals surface area contributed by atoms with E-state index in [0.717, 1.165) is 31.5 Å². The van der Waals surface area contributed by atoms with E-state index in [0.29, 0.717) is 0 Å². The summed E-state index contributed by atoms with van der Waals surface area (Å²) in [6.07, 6.45) is 5.67. The molecule has 3 rings (SSSR count).